The lowest BCUT2D eigenvalue weighted by Gasteiger charge is -2.35. The van der Waals surface area contributed by atoms with E-state index in [9.17, 15) is 22.8 Å². The molecule has 4 rings (SSSR count). The smallest absolute Gasteiger partial charge is 0.416 e. The number of carbonyl (C=O) groups excluding carboxylic acids is 2. The number of hydrogen-bond acceptors (Lipinski definition) is 6. The van der Waals surface area contributed by atoms with E-state index in [-0.39, 0.29) is 24.5 Å². The van der Waals surface area contributed by atoms with E-state index < -0.39 is 29.7 Å². The fraction of sp³-hybridized carbons (Fsp3) is 0.286. The molecule has 11 heteroatoms. The van der Waals surface area contributed by atoms with E-state index in [0.717, 1.165) is 28.1 Å². The van der Waals surface area contributed by atoms with Crippen molar-refractivity contribution in [1.29, 1.82) is 0 Å². The number of amides is 1. The third kappa shape index (κ3) is 4.32. The van der Waals surface area contributed by atoms with Crippen LogP contribution >= 0.6 is 0 Å². The molecule has 1 aromatic heterocycles. The van der Waals surface area contributed by atoms with Crippen LogP contribution in [0.3, 0.4) is 0 Å². The molecule has 0 saturated carbocycles. The number of rotatable bonds is 4. The first-order chi connectivity index (χ1) is 15.3. The van der Waals surface area contributed by atoms with E-state index in [1.54, 1.807) is 0 Å². The molecular formula is C21H18F3N5O3. The van der Waals surface area contributed by atoms with Crippen molar-refractivity contribution >= 4 is 11.9 Å². The zero-order valence-electron chi connectivity index (χ0n) is 16.9. The van der Waals surface area contributed by atoms with Crippen molar-refractivity contribution in [3.8, 4) is 11.4 Å². The number of benzene rings is 2. The highest BCUT2D eigenvalue weighted by Crippen LogP contribution is 2.31. The van der Waals surface area contributed by atoms with Crippen LogP contribution in [0.25, 0.3) is 11.4 Å². The van der Waals surface area contributed by atoms with Gasteiger partial charge in [-0.2, -0.15) is 18.0 Å². The molecule has 0 aliphatic carbocycles. The summed E-state index contributed by atoms with van der Waals surface area (Å²) in [6, 6.07) is 11.2. The van der Waals surface area contributed by atoms with Gasteiger partial charge >= 0.3 is 12.1 Å². The Bertz CT molecular complexity index is 1160. The Morgan fingerprint density at radius 3 is 2.59 bits per heavy atom. The Balaban J connectivity index is 1.54. The van der Waals surface area contributed by atoms with Crippen LogP contribution in [0.5, 0.6) is 0 Å². The summed E-state index contributed by atoms with van der Waals surface area (Å²) in [7, 11) is 1.26. The number of aromatic nitrogens is 4. The van der Waals surface area contributed by atoms with Crippen molar-refractivity contribution in [3.63, 3.8) is 0 Å². The Morgan fingerprint density at radius 2 is 1.88 bits per heavy atom. The van der Waals surface area contributed by atoms with E-state index in [1.165, 1.54) is 24.1 Å². The maximum atomic E-state index is 13.0. The summed E-state index contributed by atoms with van der Waals surface area (Å²) in [4.78, 5) is 27.7. The third-order valence-electron chi connectivity index (χ3n) is 5.22. The van der Waals surface area contributed by atoms with Crippen molar-refractivity contribution in [2.45, 2.75) is 31.7 Å². The second-order valence-electron chi connectivity index (χ2n) is 7.26. The van der Waals surface area contributed by atoms with Crippen LogP contribution in [0, 0.1) is 0 Å². The molecule has 0 bridgehead atoms. The highest BCUT2D eigenvalue weighted by atomic mass is 19.4. The minimum atomic E-state index is -4.50. The summed E-state index contributed by atoms with van der Waals surface area (Å²) in [6.45, 7) is -0.119. The number of hydrogen-bond donors (Lipinski definition) is 0. The number of ether oxygens (including phenoxy) is 1. The van der Waals surface area contributed by atoms with Crippen LogP contribution < -0.4 is 0 Å². The quantitative estimate of drug-likeness (QED) is 0.574. The summed E-state index contributed by atoms with van der Waals surface area (Å²) in [5.41, 5.74) is 1.16. The average Bonchev–Trinajstić information content (AvgIpc) is 3.25. The predicted molar refractivity (Wildman–Crippen MR) is 105 cm³/mol. The van der Waals surface area contributed by atoms with Crippen molar-refractivity contribution in [3.05, 3.63) is 65.2 Å². The Labute approximate surface area is 180 Å². The fourth-order valence-corrected chi connectivity index (χ4v) is 3.60. The number of tetrazole rings is 1. The average molecular weight is 445 g/mol. The molecule has 8 nitrogen and oxygen atoms in total. The van der Waals surface area contributed by atoms with Gasteiger partial charge in [-0.05, 0) is 28.5 Å². The predicted octanol–water partition coefficient (Wildman–Crippen LogP) is 2.49. The van der Waals surface area contributed by atoms with Crippen LogP contribution in [0.15, 0.2) is 48.5 Å². The number of esters is 1. The lowest BCUT2D eigenvalue weighted by Crippen LogP contribution is -2.50. The molecule has 0 saturated heterocycles. The van der Waals surface area contributed by atoms with Gasteiger partial charge in [0, 0.05) is 18.5 Å². The van der Waals surface area contributed by atoms with E-state index in [2.05, 4.69) is 15.4 Å². The highest BCUT2D eigenvalue weighted by molar-refractivity contribution is 5.85. The fourth-order valence-electron chi connectivity index (χ4n) is 3.60. The third-order valence-corrected chi connectivity index (χ3v) is 5.22. The van der Waals surface area contributed by atoms with E-state index in [4.69, 9.17) is 4.74 Å². The molecule has 1 aliphatic rings. The first-order valence-corrected chi connectivity index (χ1v) is 9.66. The molecule has 0 radical (unpaired) electrons. The van der Waals surface area contributed by atoms with Gasteiger partial charge in [0.2, 0.25) is 11.7 Å². The van der Waals surface area contributed by atoms with Crippen LogP contribution in [-0.4, -0.2) is 50.1 Å². The van der Waals surface area contributed by atoms with Gasteiger partial charge in [0.1, 0.15) is 12.6 Å². The van der Waals surface area contributed by atoms with Gasteiger partial charge in [0.25, 0.3) is 0 Å². The number of carbonyl (C=O) groups is 2. The minimum Gasteiger partial charge on any atom is -0.467 e. The number of nitrogens with zero attached hydrogens (tertiary/aromatic N) is 5. The largest absolute Gasteiger partial charge is 0.467 e. The van der Waals surface area contributed by atoms with Crippen molar-refractivity contribution in [2.75, 3.05) is 7.11 Å². The van der Waals surface area contributed by atoms with E-state index >= 15 is 0 Å². The van der Waals surface area contributed by atoms with Crippen molar-refractivity contribution in [2.24, 2.45) is 0 Å². The van der Waals surface area contributed by atoms with Crippen LogP contribution in [-0.2, 0) is 40.0 Å². The van der Waals surface area contributed by atoms with Gasteiger partial charge in [0.05, 0.1) is 12.7 Å². The molecule has 0 spiro atoms. The second kappa shape index (κ2) is 8.40. The first-order valence-electron chi connectivity index (χ1n) is 9.66. The summed E-state index contributed by atoms with van der Waals surface area (Å²) in [5, 5.41) is 11.6. The number of fused-ring (bicyclic) bond motifs is 1. The van der Waals surface area contributed by atoms with Gasteiger partial charge in [-0.15, -0.1) is 10.2 Å². The molecule has 166 valence electrons. The van der Waals surface area contributed by atoms with Gasteiger partial charge in [-0.25, -0.2) is 4.79 Å². The Kier molecular flexibility index (Phi) is 5.64. The SMILES string of the molecule is COC(=O)C1Cc2ccccc2CN1C(=O)Cn1nnc(-c2cccc(C(F)(F)F)c2)n1. The minimum absolute atomic E-state index is 0.0441. The maximum absolute atomic E-state index is 13.0. The summed E-state index contributed by atoms with van der Waals surface area (Å²) in [5.74, 6) is -1.02. The molecule has 3 aromatic rings. The topological polar surface area (TPSA) is 90.2 Å². The molecule has 1 amide bonds. The highest BCUT2D eigenvalue weighted by Gasteiger charge is 2.35. The van der Waals surface area contributed by atoms with Crippen LogP contribution in [0.2, 0.25) is 0 Å². The van der Waals surface area contributed by atoms with Crippen LogP contribution in [0.1, 0.15) is 16.7 Å². The van der Waals surface area contributed by atoms with Crippen molar-refractivity contribution in [1.82, 2.24) is 25.1 Å². The van der Waals surface area contributed by atoms with Gasteiger partial charge < -0.3 is 9.64 Å². The first kappa shape index (κ1) is 21.5. The molecule has 0 fully saturated rings. The molecule has 1 atom stereocenters. The normalized spacial score (nSPS) is 15.9. The molecule has 1 unspecified atom stereocenters. The second-order valence-corrected chi connectivity index (χ2v) is 7.26. The summed E-state index contributed by atoms with van der Waals surface area (Å²) in [6.07, 6.45) is -4.19. The molecule has 32 heavy (non-hydrogen) atoms. The number of methoxy groups -OCH3 is 1. The van der Waals surface area contributed by atoms with Crippen LogP contribution in [0.4, 0.5) is 13.2 Å². The lowest BCUT2D eigenvalue weighted by atomic mass is 9.94. The Hall–Kier alpha value is -3.76. The monoisotopic (exact) mass is 445 g/mol. The van der Waals surface area contributed by atoms with Gasteiger partial charge in [-0.1, -0.05) is 36.4 Å². The number of halogens is 3. The molecule has 1 aliphatic heterocycles. The van der Waals surface area contributed by atoms with Gasteiger partial charge in [-0.3, -0.25) is 4.79 Å². The standard InChI is InChI=1S/C21H18F3N5O3/c1-32-20(31)17-10-13-5-2-3-6-15(13)11-28(17)18(30)12-29-26-19(25-27-29)14-7-4-8-16(9-14)21(22,23)24/h2-9,17H,10-12H2,1H3. The molecular weight excluding hydrogens is 427 g/mol. The van der Waals surface area contributed by atoms with Gasteiger partial charge in [0.15, 0.2) is 0 Å². The molecule has 2 heterocycles. The summed E-state index contributed by atoms with van der Waals surface area (Å²) < 4.78 is 43.7. The lowest BCUT2D eigenvalue weighted by molar-refractivity contribution is -0.154. The van der Waals surface area contributed by atoms with E-state index in [1.807, 2.05) is 24.3 Å². The van der Waals surface area contributed by atoms with E-state index in [0.29, 0.717) is 6.42 Å². The van der Waals surface area contributed by atoms with Crippen molar-refractivity contribution < 1.29 is 27.5 Å². The summed E-state index contributed by atoms with van der Waals surface area (Å²) >= 11 is 0. The Morgan fingerprint density at radius 1 is 1.12 bits per heavy atom. The maximum Gasteiger partial charge on any atom is 0.416 e. The molecule has 2 aromatic carbocycles. The zero-order chi connectivity index (χ0) is 22.9. The molecule has 0 N–H and O–H groups in total. The number of alkyl halides is 3. The zero-order valence-corrected chi connectivity index (χ0v) is 16.9.